The monoisotopic (exact) mass is 312 g/mol. The number of allylic oxidation sites excluding steroid dienone is 2. The third-order valence-corrected chi connectivity index (χ3v) is 4.75. The lowest BCUT2D eigenvalue weighted by Gasteiger charge is -2.09. The molecule has 0 saturated carbocycles. The van der Waals surface area contributed by atoms with Gasteiger partial charge in [0.15, 0.2) is 11.6 Å². The van der Waals surface area contributed by atoms with Gasteiger partial charge in [0, 0.05) is 21.3 Å². The fourth-order valence-corrected chi connectivity index (χ4v) is 3.80. The van der Waals surface area contributed by atoms with Gasteiger partial charge in [-0.1, -0.05) is 40.2 Å². The van der Waals surface area contributed by atoms with Crippen molar-refractivity contribution in [3.8, 4) is 0 Å². The van der Waals surface area contributed by atoms with Gasteiger partial charge >= 0.3 is 0 Å². The van der Waals surface area contributed by atoms with Crippen LogP contribution in [0.2, 0.25) is 0 Å². The summed E-state index contributed by atoms with van der Waals surface area (Å²) in [5.74, 6) is -0.178. The highest BCUT2D eigenvalue weighted by molar-refractivity contribution is 9.09. The molecule has 0 N–H and O–H groups in total. The van der Waals surface area contributed by atoms with Gasteiger partial charge in [0.2, 0.25) is 0 Å². The summed E-state index contributed by atoms with van der Waals surface area (Å²) in [6.07, 6.45) is 3.66. The molecular formula is C16H9BrO2. The van der Waals surface area contributed by atoms with E-state index in [2.05, 4.69) is 15.9 Å². The van der Waals surface area contributed by atoms with E-state index in [1.54, 1.807) is 0 Å². The van der Waals surface area contributed by atoms with Gasteiger partial charge in [-0.3, -0.25) is 9.59 Å². The summed E-state index contributed by atoms with van der Waals surface area (Å²) in [6.45, 7) is 0. The summed E-state index contributed by atoms with van der Waals surface area (Å²) in [4.78, 5) is 24.5. The van der Waals surface area contributed by atoms with E-state index in [0.29, 0.717) is 11.1 Å². The highest BCUT2D eigenvalue weighted by Crippen LogP contribution is 2.44. The first-order chi connectivity index (χ1) is 9.16. The first-order valence-electron chi connectivity index (χ1n) is 6.16. The summed E-state index contributed by atoms with van der Waals surface area (Å²) in [7, 11) is 0. The summed E-state index contributed by atoms with van der Waals surface area (Å²) in [5.41, 5.74) is 3.66. The molecule has 1 atom stereocenters. The molecule has 0 aliphatic heterocycles. The number of carbonyl (C=O) groups excluding carboxylic acids is 2. The van der Waals surface area contributed by atoms with Crippen LogP contribution in [-0.4, -0.2) is 11.6 Å². The summed E-state index contributed by atoms with van der Waals surface area (Å²) < 4.78 is 0. The Morgan fingerprint density at radius 3 is 2.21 bits per heavy atom. The minimum Gasteiger partial charge on any atom is -0.289 e. The zero-order valence-corrected chi connectivity index (χ0v) is 11.5. The number of rotatable bonds is 0. The Morgan fingerprint density at radius 1 is 0.895 bits per heavy atom. The minimum atomic E-state index is -0.0891. The van der Waals surface area contributed by atoms with Crippen molar-refractivity contribution in [2.45, 2.75) is 11.2 Å². The van der Waals surface area contributed by atoms with Crippen molar-refractivity contribution < 1.29 is 9.59 Å². The zero-order valence-electron chi connectivity index (χ0n) is 9.94. The lowest BCUT2D eigenvalue weighted by molar-refractivity contribution is 0.102. The third kappa shape index (κ3) is 1.36. The van der Waals surface area contributed by atoms with Crippen LogP contribution in [0.3, 0.4) is 0 Å². The lowest BCUT2D eigenvalue weighted by atomic mass is 9.94. The Labute approximate surface area is 118 Å². The molecule has 3 heteroatoms. The van der Waals surface area contributed by atoms with Crippen LogP contribution < -0.4 is 0 Å². The quantitative estimate of drug-likeness (QED) is 0.694. The fraction of sp³-hybridized carbons (Fsp3) is 0.125. The Bertz CT molecular complexity index is 778. The topological polar surface area (TPSA) is 34.1 Å². The van der Waals surface area contributed by atoms with Crippen molar-refractivity contribution in [3.05, 3.63) is 58.7 Å². The molecule has 4 rings (SSSR count). The van der Waals surface area contributed by atoms with Crippen LogP contribution in [0.1, 0.15) is 36.7 Å². The second-order valence-electron chi connectivity index (χ2n) is 4.96. The van der Waals surface area contributed by atoms with Gasteiger partial charge in [0.25, 0.3) is 0 Å². The number of hydrogen-bond donors (Lipinski definition) is 0. The third-order valence-electron chi connectivity index (χ3n) is 3.93. The largest absolute Gasteiger partial charge is 0.289 e. The van der Waals surface area contributed by atoms with Gasteiger partial charge < -0.3 is 0 Å². The maximum Gasteiger partial charge on any atom is 0.186 e. The number of ketones is 2. The number of hydrogen-bond acceptors (Lipinski definition) is 2. The molecule has 1 unspecified atom stereocenters. The summed E-state index contributed by atoms with van der Waals surface area (Å²) in [6, 6.07) is 7.70. The van der Waals surface area contributed by atoms with Gasteiger partial charge in [-0.25, -0.2) is 0 Å². The smallest absolute Gasteiger partial charge is 0.186 e. The number of carbonyl (C=O) groups is 2. The van der Waals surface area contributed by atoms with Crippen LogP contribution in [0.5, 0.6) is 0 Å². The second kappa shape index (κ2) is 3.64. The molecule has 2 aliphatic carbocycles. The van der Waals surface area contributed by atoms with Crippen molar-refractivity contribution in [2.24, 2.45) is 0 Å². The minimum absolute atomic E-state index is 0.0891. The van der Waals surface area contributed by atoms with E-state index in [4.69, 9.17) is 0 Å². The van der Waals surface area contributed by atoms with E-state index in [9.17, 15) is 9.59 Å². The highest BCUT2D eigenvalue weighted by Gasteiger charge is 2.28. The van der Waals surface area contributed by atoms with Gasteiger partial charge in [-0.15, -0.1) is 0 Å². The van der Waals surface area contributed by atoms with Crippen LogP contribution in [-0.2, 0) is 6.42 Å². The van der Waals surface area contributed by atoms with Crippen molar-refractivity contribution in [2.75, 3.05) is 0 Å². The average molecular weight is 313 g/mol. The molecule has 0 amide bonds. The van der Waals surface area contributed by atoms with Gasteiger partial charge in [-0.05, 0) is 35.1 Å². The molecule has 0 radical (unpaired) electrons. The molecule has 0 aromatic heterocycles. The Hall–Kier alpha value is -1.74. The molecule has 0 spiro atoms. The molecule has 92 valence electrons. The molecule has 2 aromatic rings. The number of alkyl halides is 1. The van der Waals surface area contributed by atoms with Crippen molar-refractivity contribution >= 4 is 38.3 Å². The Kier molecular flexibility index (Phi) is 2.13. The Morgan fingerprint density at radius 2 is 1.53 bits per heavy atom. The second-order valence-corrected chi connectivity index (χ2v) is 6.06. The maximum atomic E-state index is 12.1. The molecule has 2 aliphatic rings. The normalized spacial score (nSPS) is 20.2. The van der Waals surface area contributed by atoms with Gasteiger partial charge in [0.1, 0.15) is 0 Å². The first kappa shape index (κ1) is 11.1. The molecular weight excluding hydrogens is 304 g/mol. The van der Waals surface area contributed by atoms with Crippen LogP contribution in [0.25, 0.3) is 10.8 Å². The summed E-state index contributed by atoms with van der Waals surface area (Å²) in [5, 5.41) is 1.92. The van der Waals surface area contributed by atoms with Gasteiger partial charge in [-0.2, -0.15) is 0 Å². The predicted octanol–water partition coefficient (Wildman–Crippen LogP) is 3.77. The van der Waals surface area contributed by atoms with E-state index >= 15 is 0 Å². The Balaban J connectivity index is 2.26. The zero-order chi connectivity index (χ0) is 13.1. The number of benzene rings is 2. The standard InChI is InChI=1S/C16H9BrO2/c17-12-7-8-1-2-10-13(18)5-6-14(19)11-4-3-9(12)15(8)16(10)11/h1-6,12H,7H2. The van der Waals surface area contributed by atoms with Crippen LogP contribution in [0.4, 0.5) is 0 Å². The van der Waals surface area contributed by atoms with Gasteiger partial charge in [0.05, 0.1) is 0 Å². The first-order valence-corrected chi connectivity index (χ1v) is 7.07. The van der Waals surface area contributed by atoms with Crippen molar-refractivity contribution in [1.29, 1.82) is 0 Å². The van der Waals surface area contributed by atoms with Crippen LogP contribution >= 0.6 is 15.9 Å². The lowest BCUT2D eigenvalue weighted by Crippen LogP contribution is -1.99. The van der Waals surface area contributed by atoms with Crippen molar-refractivity contribution in [1.82, 2.24) is 0 Å². The van der Waals surface area contributed by atoms with Crippen LogP contribution in [0, 0.1) is 0 Å². The summed E-state index contributed by atoms with van der Waals surface area (Å²) >= 11 is 3.66. The molecule has 2 nitrogen and oxygen atoms in total. The highest BCUT2D eigenvalue weighted by atomic mass is 79.9. The molecule has 0 bridgehead atoms. The molecule has 0 fully saturated rings. The molecule has 2 aromatic carbocycles. The van der Waals surface area contributed by atoms with E-state index in [0.717, 1.165) is 17.2 Å². The fourth-order valence-electron chi connectivity index (χ4n) is 3.07. The number of halogens is 1. The van der Waals surface area contributed by atoms with E-state index in [1.165, 1.54) is 23.3 Å². The van der Waals surface area contributed by atoms with E-state index in [1.807, 2.05) is 24.3 Å². The SMILES string of the molecule is O=C1C=CC(=O)c2ccc3c4c(ccc1c24)CC3Br. The molecule has 19 heavy (non-hydrogen) atoms. The van der Waals surface area contributed by atoms with E-state index < -0.39 is 0 Å². The predicted molar refractivity (Wildman–Crippen MR) is 77.1 cm³/mol. The molecule has 0 saturated heterocycles. The maximum absolute atomic E-state index is 12.1. The average Bonchev–Trinajstić information content (AvgIpc) is 2.68. The van der Waals surface area contributed by atoms with Crippen molar-refractivity contribution in [3.63, 3.8) is 0 Å². The van der Waals surface area contributed by atoms with Crippen LogP contribution in [0.15, 0.2) is 36.4 Å². The molecule has 0 heterocycles. The van der Waals surface area contributed by atoms with E-state index in [-0.39, 0.29) is 16.4 Å².